The summed E-state index contributed by atoms with van der Waals surface area (Å²) in [5, 5.41) is 28.9. The van der Waals surface area contributed by atoms with E-state index in [1.807, 2.05) is 121 Å². The summed E-state index contributed by atoms with van der Waals surface area (Å²) in [6.45, 7) is 0.0997. The van der Waals surface area contributed by atoms with Gasteiger partial charge in [0.25, 0.3) is 11.2 Å². The molecule has 0 saturated carbocycles. The molecule has 0 fully saturated rings. The van der Waals surface area contributed by atoms with Crippen molar-refractivity contribution in [3.8, 4) is 12.1 Å². The molecule has 36 heavy (non-hydrogen) atoms. The number of ether oxygens (including phenoxy) is 2. The lowest BCUT2D eigenvalue weighted by molar-refractivity contribution is -0.0482. The minimum atomic E-state index is -1.34. The maximum absolute atomic E-state index is 11.5. The molecule has 0 aliphatic rings. The van der Waals surface area contributed by atoms with E-state index in [0.717, 1.165) is 0 Å². The summed E-state index contributed by atoms with van der Waals surface area (Å²) in [4.78, 5) is 0. The van der Waals surface area contributed by atoms with Gasteiger partial charge >= 0.3 is 12.1 Å². The number of benzene rings is 4. The zero-order valence-electron chi connectivity index (χ0n) is 19.5. The van der Waals surface area contributed by atoms with E-state index in [-0.39, 0.29) is 13.2 Å². The largest absolute Gasteiger partial charge is 0.498 e. The van der Waals surface area contributed by atoms with Crippen molar-refractivity contribution >= 4 is 0 Å². The normalized spacial score (nSPS) is 11.0. The molecule has 4 aromatic carbocycles. The Morgan fingerprint density at radius 1 is 0.472 bits per heavy atom. The van der Waals surface area contributed by atoms with E-state index in [0.29, 0.717) is 22.3 Å². The lowest BCUT2D eigenvalue weighted by atomic mass is 9.87. The van der Waals surface area contributed by atoms with Crippen LogP contribution in [0.3, 0.4) is 0 Å². The first kappa shape index (κ1) is 24.5. The van der Waals surface area contributed by atoms with Crippen LogP contribution < -0.4 is 0 Å². The van der Waals surface area contributed by atoms with E-state index in [1.54, 1.807) is 0 Å². The Hall–Kier alpha value is -4.62. The summed E-state index contributed by atoms with van der Waals surface area (Å²) in [5.41, 5.74) is 0.0987. The van der Waals surface area contributed by atoms with E-state index in [9.17, 15) is 10.4 Å². The van der Waals surface area contributed by atoms with Crippen LogP contribution in [0.4, 0.5) is 0 Å². The van der Waals surface area contributed by atoms with Gasteiger partial charge in [-0.25, -0.2) is 0 Å². The second-order valence-corrected chi connectivity index (χ2v) is 7.93. The second-order valence-electron chi connectivity index (χ2n) is 7.93. The Morgan fingerprint density at radius 3 is 0.944 bits per heavy atom. The van der Waals surface area contributed by atoms with Gasteiger partial charge in [0, 0.05) is 32.3 Å². The van der Waals surface area contributed by atoms with Gasteiger partial charge in [-0.1, -0.05) is 121 Å². The van der Waals surface area contributed by atoms with Crippen LogP contribution in [0.25, 0.3) is 10.0 Å². The predicted molar refractivity (Wildman–Crippen MR) is 140 cm³/mol. The van der Waals surface area contributed by atoms with Gasteiger partial charge in [-0.05, 0) is 0 Å². The van der Waals surface area contributed by atoms with Gasteiger partial charge in [-0.15, -0.1) is 0 Å². The molecule has 4 rings (SSSR count). The number of rotatable bonds is 9. The van der Waals surface area contributed by atoms with Gasteiger partial charge in [0.15, 0.2) is 0 Å². The molecule has 0 N–H and O–H groups in total. The fourth-order valence-electron chi connectivity index (χ4n) is 4.20. The van der Waals surface area contributed by atoms with Crippen LogP contribution >= 0.6 is 0 Å². The third-order valence-electron chi connectivity index (χ3n) is 5.85. The molecule has 0 heterocycles. The Kier molecular flexibility index (Phi) is 7.95. The van der Waals surface area contributed by atoms with E-state index in [1.165, 1.54) is 0 Å². The van der Waals surface area contributed by atoms with E-state index in [2.05, 4.69) is 22.2 Å². The zero-order chi connectivity index (χ0) is 25.1. The fourth-order valence-corrected chi connectivity index (χ4v) is 4.20. The minimum absolute atomic E-state index is 0.0499. The standard InChI is InChI=1S/C30H24N2O4/c33-31-23-29(25-13-5-1-6-14-25,26-15-7-2-8-16-26)35-21-22-36-30(24-32-34,27-17-9-3-10-18-27)28-19-11-4-12-20-28/h1-20H,21-22H2. The maximum Gasteiger partial charge on any atom is 0.344 e. The van der Waals surface area contributed by atoms with Crippen LogP contribution in [0.15, 0.2) is 121 Å². The Bertz CT molecular complexity index is 1170. The van der Waals surface area contributed by atoms with E-state index in [4.69, 9.17) is 9.47 Å². The summed E-state index contributed by atoms with van der Waals surface area (Å²) in [5.74, 6) is 0. The fraction of sp³-hybridized carbons (Fsp3) is 0.133. The molecule has 0 aromatic heterocycles. The molecule has 6 heteroatoms. The van der Waals surface area contributed by atoms with Crippen LogP contribution in [-0.4, -0.2) is 13.2 Å². The topological polar surface area (TPSA) is 73.3 Å². The number of nitrogens with zero attached hydrogens (tertiary/aromatic N) is 2. The highest BCUT2D eigenvalue weighted by atomic mass is 16.5. The van der Waals surface area contributed by atoms with Crippen molar-refractivity contribution in [2.45, 2.75) is 11.2 Å². The van der Waals surface area contributed by atoms with Crippen molar-refractivity contribution in [1.29, 1.82) is 0 Å². The molecular weight excluding hydrogens is 452 g/mol. The molecule has 4 aromatic rings. The minimum Gasteiger partial charge on any atom is -0.498 e. The molecule has 0 unspecified atom stereocenters. The lowest BCUT2D eigenvalue weighted by Gasteiger charge is -2.28. The highest BCUT2D eigenvalue weighted by Crippen LogP contribution is 2.36. The molecule has 0 saturated heterocycles. The van der Waals surface area contributed by atoms with Crippen molar-refractivity contribution < 1.29 is 9.47 Å². The molecule has 6 nitrogen and oxygen atoms in total. The summed E-state index contributed by atoms with van der Waals surface area (Å²) in [6, 6.07) is 42.4. The average molecular weight is 477 g/mol. The maximum atomic E-state index is 11.5. The van der Waals surface area contributed by atoms with Gasteiger partial charge in [0.1, 0.15) is 0 Å². The molecule has 0 spiro atoms. The highest BCUT2D eigenvalue weighted by Gasteiger charge is 2.42. The van der Waals surface area contributed by atoms with Crippen LogP contribution in [-0.2, 0) is 20.7 Å². The second kappa shape index (κ2) is 11.7. The molecule has 0 bridgehead atoms. The molecule has 0 radical (unpaired) electrons. The molecule has 0 aliphatic carbocycles. The molecular formula is C30H24N2O4. The Balaban J connectivity index is 1.66. The van der Waals surface area contributed by atoms with Crippen LogP contribution in [0.2, 0.25) is 0 Å². The number of hydrogen-bond donors (Lipinski definition) is 0. The SMILES string of the molecule is [O-][N+]#CC(OCCOC(C#[N+][O-])(c1ccccc1)c1ccccc1)(c1ccccc1)c1ccccc1. The molecule has 178 valence electrons. The summed E-state index contributed by atoms with van der Waals surface area (Å²) >= 11 is 0. The predicted octanol–water partition coefficient (Wildman–Crippen LogP) is 6.57. The van der Waals surface area contributed by atoms with Crippen molar-refractivity contribution in [3.05, 3.63) is 164 Å². The van der Waals surface area contributed by atoms with Gasteiger partial charge < -0.3 is 19.9 Å². The molecule has 0 aliphatic heterocycles. The molecule has 0 amide bonds. The summed E-state index contributed by atoms with van der Waals surface area (Å²) < 4.78 is 12.6. The number of hydrogen-bond acceptors (Lipinski definition) is 4. The van der Waals surface area contributed by atoms with Gasteiger partial charge in [-0.3, -0.25) is 0 Å². The van der Waals surface area contributed by atoms with Crippen LogP contribution in [0.5, 0.6) is 0 Å². The Morgan fingerprint density at radius 2 is 0.722 bits per heavy atom. The first-order chi connectivity index (χ1) is 17.7. The van der Waals surface area contributed by atoms with Crippen molar-refractivity contribution in [1.82, 2.24) is 0 Å². The quantitative estimate of drug-likeness (QED) is 0.202. The van der Waals surface area contributed by atoms with Crippen molar-refractivity contribution in [2.75, 3.05) is 13.2 Å². The molecule has 0 atom stereocenters. The van der Waals surface area contributed by atoms with Gasteiger partial charge in [-0.2, -0.15) is 0 Å². The lowest BCUT2D eigenvalue weighted by Crippen LogP contribution is -2.34. The first-order valence-electron chi connectivity index (χ1n) is 11.4. The highest BCUT2D eigenvalue weighted by molar-refractivity contribution is 5.45. The van der Waals surface area contributed by atoms with Crippen LogP contribution in [0.1, 0.15) is 22.3 Å². The third kappa shape index (κ3) is 5.06. The van der Waals surface area contributed by atoms with Gasteiger partial charge in [0.2, 0.25) is 0 Å². The van der Waals surface area contributed by atoms with Crippen LogP contribution in [0, 0.1) is 22.6 Å². The smallest absolute Gasteiger partial charge is 0.344 e. The summed E-state index contributed by atoms with van der Waals surface area (Å²) in [6.07, 6.45) is 0. The zero-order valence-corrected chi connectivity index (χ0v) is 19.5. The van der Waals surface area contributed by atoms with Crippen molar-refractivity contribution in [2.24, 2.45) is 0 Å². The average Bonchev–Trinajstić information content (AvgIpc) is 2.96. The van der Waals surface area contributed by atoms with E-state index >= 15 is 0 Å². The Labute approximate surface area is 210 Å². The van der Waals surface area contributed by atoms with Crippen molar-refractivity contribution in [3.63, 3.8) is 0 Å². The monoisotopic (exact) mass is 476 g/mol. The third-order valence-corrected chi connectivity index (χ3v) is 5.85. The van der Waals surface area contributed by atoms with Gasteiger partial charge in [0.05, 0.1) is 13.2 Å². The summed E-state index contributed by atoms with van der Waals surface area (Å²) in [7, 11) is 0. The van der Waals surface area contributed by atoms with E-state index < -0.39 is 11.2 Å². The first-order valence-corrected chi connectivity index (χ1v) is 11.4.